The number of ether oxygens (including phenoxy) is 1. The predicted molar refractivity (Wildman–Crippen MR) is 130 cm³/mol. The van der Waals surface area contributed by atoms with Crippen molar-refractivity contribution in [2.45, 2.75) is 25.3 Å². The topological polar surface area (TPSA) is 97.7 Å². The molecule has 1 amide bonds. The van der Waals surface area contributed by atoms with E-state index in [1.165, 1.54) is 21.0 Å². The number of aryl methyl sites for hydroxylation is 2. The van der Waals surface area contributed by atoms with Gasteiger partial charge in [-0.05, 0) is 49.2 Å². The second-order valence-electron chi connectivity index (χ2n) is 8.29. The van der Waals surface area contributed by atoms with Crippen LogP contribution in [0.4, 0.5) is 5.69 Å². The molecule has 34 heavy (non-hydrogen) atoms. The summed E-state index contributed by atoms with van der Waals surface area (Å²) in [6, 6.07) is 15.6. The van der Waals surface area contributed by atoms with Crippen LogP contribution in [0.2, 0.25) is 0 Å². The number of morpholine rings is 1. The maximum absolute atomic E-state index is 13.1. The zero-order valence-corrected chi connectivity index (χ0v) is 20.0. The van der Waals surface area contributed by atoms with Gasteiger partial charge in [-0.15, -0.1) is 0 Å². The van der Waals surface area contributed by atoms with Crippen LogP contribution in [-0.2, 0) is 21.3 Å². The predicted octanol–water partition coefficient (Wildman–Crippen LogP) is 2.79. The molecule has 1 aromatic heterocycles. The highest BCUT2D eigenvalue weighted by Gasteiger charge is 2.28. The molecule has 1 aliphatic rings. The first-order chi connectivity index (χ1) is 16.3. The number of rotatable bonds is 6. The molecule has 0 bridgehead atoms. The van der Waals surface area contributed by atoms with Crippen molar-refractivity contribution in [1.29, 1.82) is 0 Å². The van der Waals surface area contributed by atoms with Gasteiger partial charge in [0, 0.05) is 25.0 Å². The van der Waals surface area contributed by atoms with E-state index >= 15 is 0 Å². The summed E-state index contributed by atoms with van der Waals surface area (Å²) in [5.41, 5.74) is 2.47. The summed E-state index contributed by atoms with van der Waals surface area (Å²) >= 11 is 0. The average Bonchev–Trinajstić information content (AvgIpc) is 2.82. The molecule has 0 saturated carbocycles. The molecule has 4 rings (SSSR count). The van der Waals surface area contributed by atoms with Crippen molar-refractivity contribution in [1.82, 2.24) is 8.87 Å². The van der Waals surface area contributed by atoms with Gasteiger partial charge in [-0.3, -0.25) is 9.59 Å². The number of pyridine rings is 1. The molecular weight excluding hydrogens is 454 g/mol. The number of amides is 1. The van der Waals surface area contributed by atoms with E-state index in [0.717, 1.165) is 11.1 Å². The summed E-state index contributed by atoms with van der Waals surface area (Å²) in [5, 5.41) is 2.68. The van der Waals surface area contributed by atoms with Crippen LogP contribution in [-0.4, -0.2) is 49.5 Å². The first-order valence-electron chi connectivity index (χ1n) is 11.0. The zero-order chi connectivity index (χ0) is 24.3. The van der Waals surface area contributed by atoms with Crippen molar-refractivity contribution in [2.24, 2.45) is 0 Å². The average molecular weight is 482 g/mol. The number of carbonyl (C=O) groups excluding carboxylic acids is 1. The van der Waals surface area contributed by atoms with E-state index in [0.29, 0.717) is 31.0 Å². The number of anilines is 1. The fourth-order valence-corrected chi connectivity index (χ4v) is 5.58. The third-order valence-electron chi connectivity index (χ3n) is 5.73. The van der Waals surface area contributed by atoms with Gasteiger partial charge in [-0.1, -0.05) is 35.9 Å². The van der Waals surface area contributed by atoms with Gasteiger partial charge in [0.1, 0.15) is 5.56 Å². The standard InChI is InChI=1S/C25H27N3O5S/c1-18-5-3-6-20(15-18)17-27-10-4-7-22(25(27)30)24(29)26-21-9-8-19(2)23(16-21)34(31,32)28-11-13-33-14-12-28/h3-10,15-16H,11-14,17H2,1-2H3,(H,26,29). The Hall–Kier alpha value is -3.27. The lowest BCUT2D eigenvalue weighted by Crippen LogP contribution is -2.40. The zero-order valence-electron chi connectivity index (χ0n) is 19.2. The van der Waals surface area contributed by atoms with E-state index in [9.17, 15) is 18.0 Å². The number of hydrogen-bond donors (Lipinski definition) is 1. The van der Waals surface area contributed by atoms with Crippen molar-refractivity contribution < 1.29 is 17.9 Å². The smallest absolute Gasteiger partial charge is 0.263 e. The lowest BCUT2D eigenvalue weighted by atomic mass is 10.1. The Labute approximate surface area is 198 Å². The summed E-state index contributed by atoms with van der Waals surface area (Å²) in [4.78, 5) is 26.0. The highest BCUT2D eigenvalue weighted by atomic mass is 32.2. The first kappa shape index (κ1) is 23.9. The molecule has 9 heteroatoms. The van der Waals surface area contributed by atoms with Gasteiger partial charge in [0.05, 0.1) is 24.7 Å². The quantitative estimate of drug-likeness (QED) is 0.584. The van der Waals surface area contributed by atoms with Gasteiger partial charge in [-0.25, -0.2) is 8.42 Å². The van der Waals surface area contributed by atoms with Crippen LogP contribution in [0.15, 0.2) is 70.5 Å². The molecule has 1 aliphatic heterocycles. The summed E-state index contributed by atoms with van der Waals surface area (Å²) in [6.07, 6.45) is 1.64. The van der Waals surface area contributed by atoms with Crippen molar-refractivity contribution in [2.75, 3.05) is 31.6 Å². The molecule has 0 spiro atoms. The van der Waals surface area contributed by atoms with Crippen LogP contribution in [0.5, 0.6) is 0 Å². The molecule has 1 saturated heterocycles. The lowest BCUT2D eigenvalue weighted by molar-refractivity contribution is 0.0730. The maximum Gasteiger partial charge on any atom is 0.263 e. The fraction of sp³-hybridized carbons (Fsp3) is 0.280. The highest BCUT2D eigenvalue weighted by molar-refractivity contribution is 7.89. The van der Waals surface area contributed by atoms with Crippen molar-refractivity contribution in [3.05, 3.63) is 93.4 Å². The van der Waals surface area contributed by atoms with Gasteiger partial charge < -0.3 is 14.6 Å². The van der Waals surface area contributed by atoms with Crippen LogP contribution < -0.4 is 10.9 Å². The Kier molecular flexibility index (Phi) is 6.97. The molecule has 1 N–H and O–H groups in total. The van der Waals surface area contributed by atoms with E-state index in [2.05, 4.69) is 5.32 Å². The van der Waals surface area contributed by atoms with Crippen LogP contribution in [0.25, 0.3) is 0 Å². The molecule has 2 aromatic carbocycles. The van der Waals surface area contributed by atoms with Gasteiger partial charge in [0.25, 0.3) is 11.5 Å². The largest absolute Gasteiger partial charge is 0.379 e. The molecule has 0 unspecified atom stereocenters. The van der Waals surface area contributed by atoms with E-state index < -0.39 is 21.5 Å². The normalized spacial score (nSPS) is 14.6. The van der Waals surface area contributed by atoms with E-state index in [1.54, 1.807) is 31.3 Å². The molecule has 1 fully saturated rings. The number of nitrogens with one attached hydrogen (secondary N) is 1. The Bertz CT molecular complexity index is 1380. The number of aromatic nitrogens is 1. The molecular formula is C25H27N3O5S. The Morgan fingerprint density at radius 2 is 1.79 bits per heavy atom. The maximum atomic E-state index is 13.1. The Balaban J connectivity index is 1.57. The number of benzene rings is 2. The number of sulfonamides is 1. The highest BCUT2D eigenvalue weighted by Crippen LogP contribution is 2.24. The summed E-state index contributed by atoms with van der Waals surface area (Å²) < 4.78 is 34.3. The summed E-state index contributed by atoms with van der Waals surface area (Å²) in [7, 11) is -3.73. The number of nitrogens with zero attached hydrogens (tertiary/aromatic N) is 2. The van der Waals surface area contributed by atoms with E-state index in [4.69, 9.17) is 4.74 Å². The lowest BCUT2D eigenvalue weighted by Gasteiger charge is -2.26. The summed E-state index contributed by atoms with van der Waals surface area (Å²) in [5.74, 6) is -0.595. The van der Waals surface area contributed by atoms with Gasteiger partial charge >= 0.3 is 0 Å². The van der Waals surface area contributed by atoms with Crippen LogP contribution in [0, 0.1) is 13.8 Å². The minimum absolute atomic E-state index is 0.0201. The minimum Gasteiger partial charge on any atom is -0.379 e. The van der Waals surface area contributed by atoms with Crippen LogP contribution in [0.3, 0.4) is 0 Å². The molecule has 3 aromatic rings. The monoisotopic (exact) mass is 481 g/mol. The molecule has 0 aliphatic carbocycles. The van der Waals surface area contributed by atoms with Crippen molar-refractivity contribution in [3.63, 3.8) is 0 Å². The Morgan fingerprint density at radius 3 is 2.53 bits per heavy atom. The SMILES string of the molecule is Cc1cccc(Cn2cccc(C(=O)Nc3ccc(C)c(S(=O)(=O)N4CCOCC4)c3)c2=O)c1. The Morgan fingerprint density at radius 1 is 1.03 bits per heavy atom. The van der Waals surface area contributed by atoms with Gasteiger partial charge in [-0.2, -0.15) is 4.31 Å². The fourth-order valence-electron chi connectivity index (χ4n) is 3.92. The second kappa shape index (κ2) is 9.92. The third kappa shape index (κ3) is 5.11. The van der Waals surface area contributed by atoms with Crippen molar-refractivity contribution >= 4 is 21.6 Å². The van der Waals surface area contributed by atoms with Crippen LogP contribution >= 0.6 is 0 Å². The van der Waals surface area contributed by atoms with Gasteiger partial charge in [0.15, 0.2) is 0 Å². The molecule has 0 atom stereocenters. The molecule has 2 heterocycles. The molecule has 178 valence electrons. The van der Waals surface area contributed by atoms with Crippen molar-refractivity contribution in [3.8, 4) is 0 Å². The number of hydrogen-bond acceptors (Lipinski definition) is 5. The molecule has 0 radical (unpaired) electrons. The van der Waals surface area contributed by atoms with E-state index in [1.807, 2.05) is 31.2 Å². The second-order valence-corrected chi connectivity index (χ2v) is 10.2. The minimum atomic E-state index is -3.73. The molecule has 8 nitrogen and oxygen atoms in total. The first-order valence-corrected chi connectivity index (χ1v) is 12.4. The van der Waals surface area contributed by atoms with Gasteiger partial charge in [0.2, 0.25) is 10.0 Å². The number of carbonyl (C=O) groups is 1. The van der Waals surface area contributed by atoms with E-state index in [-0.39, 0.29) is 23.5 Å². The van der Waals surface area contributed by atoms with Crippen LogP contribution in [0.1, 0.15) is 27.0 Å². The summed E-state index contributed by atoms with van der Waals surface area (Å²) in [6.45, 7) is 5.28. The third-order valence-corrected chi connectivity index (χ3v) is 7.77.